The van der Waals surface area contributed by atoms with Crippen LogP contribution in [0.1, 0.15) is 0 Å². The molecule has 1 aliphatic rings. The first kappa shape index (κ1) is 8.52. The predicted molar refractivity (Wildman–Crippen MR) is 51.3 cm³/mol. The van der Waals surface area contributed by atoms with Crippen LogP contribution in [0.4, 0.5) is 0 Å². The van der Waals surface area contributed by atoms with Crippen molar-refractivity contribution in [3.63, 3.8) is 0 Å². The van der Waals surface area contributed by atoms with E-state index in [2.05, 4.69) is 21.1 Å². The first-order chi connectivity index (χ1) is 5.86. The zero-order valence-electron chi connectivity index (χ0n) is 7.20. The largest absolute Gasteiger partial charge is 0.313 e. The third-order valence-electron chi connectivity index (χ3n) is 1.33. The second-order valence-corrected chi connectivity index (χ2v) is 2.19. The van der Waals surface area contributed by atoms with Gasteiger partial charge in [-0.15, -0.1) is 0 Å². The lowest BCUT2D eigenvalue weighted by Crippen LogP contribution is -2.07. The van der Waals surface area contributed by atoms with Gasteiger partial charge in [-0.1, -0.05) is 0 Å². The molecule has 1 aliphatic carbocycles. The summed E-state index contributed by atoms with van der Waals surface area (Å²) < 4.78 is 0. The summed E-state index contributed by atoms with van der Waals surface area (Å²) in [7, 11) is 3.54. The van der Waals surface area contributed by atoms with Crippen LogP contribution in [-0.4, -0.2) is 25.5 Å². The van der Waals surface area contributed by atoms with Gasteiger partial charge in [0.25, 0.3) is 0 Å². The molecule has 0 unspecified atom stereocenters. The van der Waals surface area contributed by atoms with Gasteiger partial charge in [-0.25, -0.2) is 0 Å². The number of allylic oxidation sites excluding steroid dienone is 4. The summed E-state index contributed by atoms with van der Waals surface area (Å²) in [6.45, 7) is 0. The number of rotatable bonds is 2. The fourth-order valence-electron chi connectivity index (χ4n) is 0.860. The summed E-state index contributed by atoms with van der Waals surface area (Å²) in [5, 5.41) is 7.99. The molecule has 0 amide bonds. The molecule has 0 saturated heterocycles. The Balaban J connectivity index is 2.66. The van der Waals surface area contributed by atoms with Gasteiger partial charge >= 0.3 is 0 Å². The summed E-state index contributed by atoms with van der Waals surface area (Å²) in [6.07, 6.45) is 7.58. The summed E-state index contributed by atoms with van der Waals surface area (Å²) in [5.41, 5.74) is 7.22. The van der Waals surface area contributed by atoms with E-state index >= 15 is 0 Å². The highest BCUT2D eigenvalue weighted by Gasteiger charge is 1.96. The van der Waals surface area contributed by atoms with Gasteiger partial charge in [0.1, 0.15) is 0 Å². The predicted octanol–water partition coefficient (Wildman–Crippen LogP) is 0.263. The van der Waals surface area contributed by atoms with Crippen molar-refractivity contribution in [1.29, 1.82) is 0 Å². The minimum atomic E-state index is 0.896. The van der Waals surface area contributed by atoms with E-state index in [-0.39, 0.29) is 0 Å². The maximum Gasteiger partial charge on any atom is 0.0830 e. The molecule has 64 valence electrons. The maximum absolute atomic E-state index is 4.00. The van der Waals surface area contributed by atoms with Gasteiger partial charge < -0.3 is 10.9 Å². The van der Waals surface area contributed by atoms with Gasteiger partial charge in [0.05, 0.1) is 11.4 Å². The molecule has 1 rings (SSSR count). The molecule has 0 fully saturated rings. The van der Waals surface area contributed by atoms with Crippen LogP contribution in [0.2, 0.25) is 0 Å². The fraction of sp³-hybridized carbons (Fsp3) is 0.250. The number of nitrogens with zero attached hydrogens (tertiary/aromatic N) is 2. The standard InChI is InChI=1S/C8H12N4/c1-9-11-7-3-5-8(6-4-7)12-10-2/h3-6,9-10H,1-2H3. The van der Waals surface area contributed by atoms with Crippen LogP contribution in [0.5, 0.6) is 0 Å². The number of nitrogens with one attached hydrogen (secondary N) is 2. The second-order valence-electron chi connectivity index (χ2n) is 2.19. The molecule has 0 spiro atoms. The first-order valence-electron chi connectivity index (χ1n) is 3.72. The van der Waals surface area contributed by atoms with Gasteiger partial charge in [-0.2, -0.15) is 10.2 Å². The second kappa shape index (κ2) is 4.33. The normalized spacial score (nSPS) is 14.5. The van der Waals surface area contributed by atoms with Crippen LogP contribution in [0.25, 0.3) is 0 Å². The topological polar surface area (TPSA) is 48.8 Å². The number of hydrogen-bond donors (Lipinski definition) is 2. The molecule has 12 heavy (non-hydrogen) atoms. The molecule has 0 aromatic heterocycles. The van der Waals surface area contributed by atoms with Crippen molar-refractivity contribution in [2.24, 2.45) is 10.2 Å². The first-order valence-corrected chi connectivity index (χ1v) is 3.72. The maximum atomic E-state index is 4.00. The van der Waals surface area contributed by atoms with Crippen LogP contribution >= 0.6 is 0 Å². The van der Waals surface area contributed by atoms with Crippen molar-refractivity contribution in [2.45, 2.75) is 0 Å². The number of hydrazone groups is 2. The van der Waals surface area contributed by atoms with Crippen LogP contribution in [-0.2, 0) is 0 Å². The highest BCUT2D eigenvalue weighted by molar-refractivity contribution is 6.18. The van der Waals surface area contributed by atoms with Crippen LogP contribution < -0.4 is 10.9 Å². The Hall–Kier alpha value is -1.58. The Bertz CT molecular complexity index is 216. The highest BCUT2D eigenvalue weighted by Crippen LogP contribution is 1.95. The Morgan fingerprint density at radius 1 is 0.833 bits per heavy atom. The molecule has 0 heterocycles. The minimum absolute atomic E-state index is 0.896. The molecule has 0 bridgehead atoms. The SMILES string of the molecule is CNN=C1C=CC(=NNC)C=C1. The molecule has 0 saturated carbocycles. The summed E-state index contributed by atoms with van der Waals surface area (Å²) in [6, 6.07) is 0. The van der Waals surface area contributed by atoms with Gasteiger partial charge in [-0.3, -0.25) is 0 Å². The van der Waals surface area contributed by atoms with Crippen LogP contribution in [0, 0.1) is 0 Å². The molecule has 2 N–H and O–H groups in total. The molecular weight excluding hydrogens is 152 g/mol. The van der Waals surface area contributed by atoms with Crippen molar-refractivity contribution in [3.05, 3.63) is 24.3 Å². The van der Waals surface area contributed by atoms with E-state index in [4.69, 9.17) is 0 Å². The Kier molecular flexibility index (Phi) is 3.07. The molecule has 0 radical (unpaired) electrons. The molecule has 0 aromatic rings. The van der Waals surface area contributed by atoms with E-state index in [0.29, 0.717) is 0 Å². The van der Waals surface area contributed by atoms with Gasteiger partial charge in [0.15, 0.2) is 0 Å². The summed E-state index contributed by atoms with van der Waals surface area (Å²) in [5.74, 6) is 0. The van der Waals surface area contributed by atoms with Crippen molar-refractivity contribution in [1.82, 2.24) is 10.9 Å². The van der Waals surface area contributed by atoms with Gasteiger partial charge in [0, 0.05) is 14.1 Å². The Morgan fingerprint density at radius 2 is 1.17 bits per heavy atom. The highest BCUT2D eigenvalue weighted by atomic mass is 15.3. The van der Waals surface area contributed by atoms with E-state index in [1.807, 2.05) is 24.3 Å². The van der Waals surface area contributed by atoms with Crippen LogP contribution in [0.3, 0.4) is 0 Å². The van der Waals surface area contributed by atoms with Crippen molar-refractivity contribution in [2.75, 3.05) is 14.1 Å². The summed E-state index contributed by atoms with van der Waals surface area (Å²) in [4.78, 5) is 0. The third kappa shape index (κ3) is 2.23. The smallest absolute Gasteiger partial charge is 0.0830 e. The molecular formula is C8H12N4. The fourth-order valence-corrected chi connectivity index (χ4v) is 0.860. The molecule has 4 nitrogen and oxygen atoms in total. The monoisotopic (exact) mass is 164 g/mol. The van der Waals surface area contributed by atoms with E-state index in [9.17, 15) is 0 Å². The summed E-state index contributed by atoms with van der Waals surface area (Å²) >= 11 is 0. The van der Waals surface area contributed by atoms with E-state index in [1.165, 1.54) is 0 Å². The lowest BCUT2D eigenvalue weighted by molar-refractivity contribution is 0.901. The van der Waals surface area contributed by atoms with Crippen molar-refractivity contribution < 1.29 is 0 Å². The zero-order chi connectivity index (χ0) is 8.81. The number of hydrogen-bond acceptors (Lipinski definition) is 4. The van der Waals surface area contributed by atoms with E-state index in [0.717, 1.165) is 11.4 Å². The van der Waals surface area contributed by atoms with Crippen LogP contribution in [0.15, 0.2) is 34.5 Å². The lowest BCUT2D eigenvalue weighted by atomic mass is 10.1. The molecule has 0 atom stereocenters. The average Bonchev–Trinajstić information content (AvgIpc) is 2.09. The van der Waals surface area contributed by atoms with Crippen molar-refractivity contribution in [3.8, 4) is 0 Å². The zero-order valence-corrected chi connectivity index (χ0v) is 7.20. The Labute approximate surface area is 71.7 Å². The lowest BCUT2D eigenvalue weighted by Gasteiger charge is -2.00. The average molecular weight is 164 g/mol. The van der Waals surface area contributed by atoms with Crippen molar-refractivity contribution >= 4 is 11.4 Å². The third-order valence-corrected chi connectivity index (χ3v) is 1.33. The quantitative estimate of drug-likeness (QED) is 0.454. The Morgan fingerprint density at radius 3 is 1.42 bits per heavy atom. The molecule has 0 aliphatic heterocycles. The van der Waals surface area contributed by atoms with E-state index < -0.39 is 0 Å². The minimum Gasteiger partial charge on any atom is -0.313 e. The molecule has 0 aromatic carbocycles. The van der Waals surface area contributed by atoms with Gasteiger partial charge in [-0.05, 0) is 24.3 Å². The molecule has 4 heteroatoms. The van der Waals surface area contributed by atoms with Gasteiger partial charge in [0.2, 0.25) is 0 Å². The van der Waals surface area contributed by atoms with E-state index in [1.54, 1.807) is 14.1 Å².